The van der Waals surface area contributed by atoms with E-state index >= 15 is 0 Å². The minimum Gasteiger partial charge on any atom is -0.477 e. The monoisotopic (exact) mass is 783 g/mol. The highest BCUT2D eigenvalue weighted by Gasteiger charge is 2.31. The summed E-state index contributed by atoms with van der Waals surface area (Å²) in [5, 5.41) is 47.3. The number of benzene rings is 4. The number of nitro benzene ring substituents is 1. The Morgan fingerprint density at radius 1 is 0.906 bits per heavy atom. The van der Waals surface area contributed by atoms with Crippen molar-refractivity contribution in [3.8, 4) is 11.5 Å². The fourth-order valence-electron chi connectivity index (χ4n) is 3.73. The molecule has 0 aliphatic carbocycles. The number of aliphatic hydroxyl groups is 1. The molecular formula is C31H29ClF3N7O10S. The van der Waals surface area contributed by atoms with Crippen molar-refractivity contribution in [1.29, 1.82) is 10.8 Å². The van der Waals surface area contributed by atoms with Gasteiger partial charge >= 0.3 is 18.2 Å². The number of nitrogens with zero attached hydrogens (tertiary/aromatic N) is 1. The highest BCUT2D eigenvalue weighted by atomic mass is 35.5. The first kappa shape index (κ1) is 42.9. The molecule has 4 rings (SSSR count). The molecule has 17 nitrogen and oxygen atoms in total. The van der Waals surface area contributed by atoms with Crippen LogP contribution in [0.4, 0.5) is 35.0 Å². The Balaban J connectivity index is 0.000000312. The Morgan fingerprint density at radius 2 is 1.43 bits per heavy atom. The summed E-state index contributed by atoms with van der Waals surface area (Å²) in [6.45, 7) is -0.529. The van der Waals surface area contributed by atoms with Crippen molar-refractivity contribution in [2.75, 3.05) is 23.0 Å². The summed E-state index contributed by atoms with van der Waals surface area (Å²) in [5.74, 6) is -2.55. The van der Waals surface area contributed by atoms with Gasteiger partial charge in [0.2, 0.25) is 0 Å². The van der Waals surface area contributed by atoms with Crippen LogP contribution in [0.1, 0.15) is 27.0 Å². The van der Waals surface area contributed by atoms with E-state index in [1.807, 2.05) is 0 Å². The number of carbonyl (C=O) groups excluding carboxylic acids is 1. The smallest absolute Gasteiger partial charge is 0.416 e. The lowest BCUT2D eigenvalue weighted by molar-refractivity contribution is -0.385. The standard InChI is InChI=1S/C15H16N6O.C14H7ClF3NO5.C2H6O4S/c16-13(17)9-3-1-5-11(7-9)20-15(22)21-12-6-2-4-10(8-12)14(18)19;15-10-5-7(14(16,17)18)1-4-12(10)24-8-2-3-11(19(22)23)9(6-8)13(20)21;3-1-2-7(4,5)6/h1-8H,(H3,16,17)(H3,18,19)(H2,20,21,22);1-6H,(H,20,21);3H,1-2H2,(H,4,5,6). The molecule has 0 atom stereocenters. The maximum Gasteiger partial charge on any atom is 0.416 e. The van der Waals surface area contributed by atoms with E-state index in [1.54, 1.807) is 48.5 Å². The van der Waals surface area contributed by atoms with E-state index in [0.717, 1.165) is 30.3 Å². The van der Waals surface area contributed by atoms with Crippen molar-refractivity contribution in [3.05, 3.63) is 122 Å². The number of hydrogen-bond donors (Lipinski definition) is 9. The number of amidine groups is 2. The zero-order chi connectivity index (χ0) is 40.1. The highest BCUT2D eigenvalue weighted by molar-refractivity contribution is 7.85. The summed E-state index contributed by atoms with van der Waals surface area (Å²) in [6.07, 6.45) is -4.58. The number of nitrogens with two attached hydrogens (primary N) is 2. The van der Waals surface area contributed by atoms with Gasteiger partial charge in [-0.05, 0) is 48.5 Å². The molecular weight excluding hydrogens is 755 g/mol. The number of nitrogen functional groups attached to an aromatic ring is 2. The van der Waals surface area contributed by atoms with Gasteiger partial charge in [-0.3, -0.25) is 25.5 Å². The molecule has 2 amide bonds. The minimum absolute atomic E-state index is 0.0711. The number of anilines is 2. The molecule has 4 aromatic carbocycles. The fraction of sp³-hybridized carbons (Fsp3) is 0.0968. The van der Waals surface area contributed by atoms with Gasteiger partial charge in [0.1, 0.15) is 28.7 Å². The maximum absolute atomic E-state index is 12.6. The van der Waals surface area contributed by atoms with Gasteiger partial charge in [0.05, 0.1) is 27.9 Å². The number of aliphatic hydroxyl groups excluding tert-OH is 1. The maximum atomic E-state index is 12.6. The largest absolute Gasteiger partial charge is 0.477 e. The number of rotatable bonds is 10. The summed E-state index contributed by atoms with van der Waals surface area (Å²) in [6, 6.07) is 18.2. The number of carboxylic acids is 1. The van der Waals surface area contributed by atoms with Gasteiger partial charge in [-0.1, -0.05) is 35.9 Å². The second kappa shape index (κ2) is 18.8. The molecule has 0 unspecified atom stereocenters. The number of carbonyl (C=O) groups is 2. The Kier molecular flexibility index (Phi) is 15.2. The van der Waals surface area contributed by atoms with Crippen molar-refractivity contribution >= 4 is 62.5 Å². The highest BCUT2D eigenvalue weighted by Crippen LogP contribution is 2.37. The number of urea groups is 1. The SMILES string of the molecule is N=C(N)c1cccc(NC(=O)Nc2cccc(C(=N)N)c2)c1.O=C(O)c1cc(Oc2ccc(C(F)(F)F)cc2Cl)ccc1[N+](=O)[O-].O=S(=O)(O)CCO. The fourth-order valence-corrected chi connectivity index (χ4v) is 4.18. The van der Waals surface area contributed by atoms with Crippen molar-refractivity contribution in [1.82, 2.24) is 0 Å². The number of carboxylic acid groups (broad SMARTS) is 1. The van der Waals surface area contributed by atoms with Crippen molar-refractivity contribution in [3.63, 3.8) is 0 Å². The molecule has 0 heterocycles. The lowest BCUT2D eigenvalue weighted by Crippen LogP contribution is -2.20. The molecule has 0 spiro atoms. The molecule has 22 heteroatoms. The number of ether oxygens (including phenoxy) is 1. The average Bonchev–Trinajstić information content (AvgIpc) is 3.05. The van der Waals surface area contributed by atoms with Gasteiger partial charge < -0.3 is 37.1 Å². The number of alkyl halides is 3. The van der Waals surface area contributed by atoms with Crippen LogP contribution in [0.15, 0.2) is 84.9 Å². The van der Waals surface area contributed by atoms with Gasteiger partial charge in [-0.15, -0.1) is 0 Å². The van der Waals surface area contributed by atoms with Gasteiger partial charge in [0.15, 0.2) is 0 Å². The lowest BCUT2D eigenvalue weighted by Gasteiger charge is -2.11. The van der Waals surface area contributed by atoms with Crippen LogP contribution in [0.5, 0.6) is 11.5 Å². The zero-order valence-electron chi connectivity index (χ0n) is 26.7. The van der Waals surface area contributed by atoms with E-state index in [1.165, 1.54) is 0 Å². The summed E-state index contributed by atoms with van der Waals surface area (Å²) in [5.41, 5.74) is 10.7. The second-order valence-corrected chi connectivity index (χ2v) is 12.0. The number of amides is 2. The van der Waals surface area contributed by atoms with Crippen LogP contribution in [0, 0.1) is 20.9 Å². The predicted octanol–water partition coefficient (Wildman–Crippen LogP) is 5.52. The summed E-state index contributed by atoms with van der Waals surface area (Å²) in [7, 11) is -3.92. The number of nitrogens with one attached hydrogen (secondary N) is 4. The number of halogens is 4. The van der Waals surface area contributed by atoms with Gasteiger partial charge in [0, 0.05) is 34.6 Å². The van der Waals surface area contributed by atoms with Crippen LogP contribution >= 0.6 is 11.6 Å². The first-order valence-electron chi connectivity index (χ1n) is 14.2. The third-order valence-electron chi connectivity index (χ3n) is 6.09. The van der Waals surface area contributed by atoms with Gasteiger partial charge in [-0.25, -0.2) is 9.59 Å². The minimum atomic E-state index is -4.58. The van der Waals surface area contributed by atoms with Gasteiger partial charge in [-0.2, -0.15) is 21.6 Å². The average molecular weight is 784 g/mol. The summed E-state index contributed by atoms with van der Waals surface area (Å²) in [4.78, 5) is 32.9. The van der Waals surface area contributed by atoms with Crippen LogP contribution in [0.3, 0.4) is 0 Å². The topological polar surface area (TPSA) is 305 Å². The molecule has 0 fully saturated rings. The molecule has 0 saturated carbocycles. The molecule has 0 saturated heterocycles. The van der Waals surface area contributed by atoms with Crippen LogP contribution in [-0.2, 0) is 16.3 Å². The van der Waals surface area contributed by atoms with Crippen LogP contribution in [-0.4, -0.2) is 64.1 Å². The molecule has 0 bridgehead atoms. The van der Waals surface area contributed by atoms with Crippen molar-refractivity contribution in [2.45, 2.75) is 6.18 Å². The summed E-state index contributed by atoms with van der Waals surface area (Å²) < 4.78 is 70.0. The van der Waals surface area contributed by atoms with Crippen molar-refractivity contribution < 1.29 is 55.6 Å². The molecule has 11 N–H and O–H groups in total. The van der Waals surface area contributed by atoms with Crippen LogP contribution in [0.2, 0.25) is 5.02 Å². The van der Waals surface area contributed by atoms with E-state index in [2.05, 4.69) is 10.6 Å². The van der Waals surface area contributed by atoms with Gasteiger partial charge in [0.25, 0.3) is 15.8 Å². The molecule has 4 aromatic rings. The Bertz CT molecular complexity index is 2060. The van der Waals surface area contributed by atoms with E-state index in [0.29, 0.717) is 28.6 Å². The number of hydrogen-bond acceptors (Lipinski definition) is 10. The molecule has 53 heavy (non-hydrogen) atoms. The van der Waals surface area contributed by atoms with Crippen LogP contribution in [0.25, 0.3) is 0 Å². The normalized spacial score (nSPS) is 10.7. The first-order chi connectivity index (χ1) is 24.6. The van der Waals surface area contributed by atoms with E-state index in [4.69, 9.17) is 53.4 Å². The predicted molar refractivity (Wildman–Crippen MR) is 188 cm³/mol. The Hall–Kier alpha value is -6.29. The quantitative estimate of drug-likeness (QED) is 0.0316. The number of aromatic carboxylic acids is 1. The third kappa shape index (κ3) is 14.5. The molecule has 0 aromatic heterocycles. The third-order valence-corrected chi connectivity index (χ3v) is 7.09. The Labute approximate surface area is 302 Å². The zero-order valence-corrected chi connectivity index (χ0v) is 28.3. The molecule has 282 valence electrons. The van der Waals surface area contributed by atoms with Crippen molar-refractivity contribution in [2.24, 2.45) is 11.5 Å². The molecule has 0 radical (unpaired) electrons. The van der Waals surface area contributed by atoms with Crippen LogP contribution < -0.4 is 26.8 Å². The lowest BCUT2D eigenvalue weighted by atomic mass is 10.1. The van der Waals surface area contributed by atoms with E-state index in [-0.39, 0.29) is 28.2 Å². The molecule has 0 aliphatic heterocycles. The summed E-state index contributed by atoms with van der Waals surface area (Å²) >= 11 is 5.72. The molecule has 0 aliphatic rings. The first-order valence-corrected chi connectivity index (χ1v) is 16.2. The Morgan fingerprint density at radius 3 is 1.81 bits per heavy atom. The van der Waals surface area contributed by atoms with E-state index < -0.39 is 62.4 Å². The van der Waals surface area contributed by atoms with E-state index in [9.17, 15) is 41.3 Å². The number of nitro groups is 1. The second-order valence-electron chi connectivity index (χ2n) is 10.1.